The second-order valence-corrected chi connectivity index (χ2v) is 3.38. The van der Waals surface area contributed by atoms with Crippen LogP contribution in [0.4, 0.5) is 13.2 Å². The van der Waals surface area contributed by atoms with E-state index in [0.717, 1.165) is 6.07 Å². The Balaban J connectivity index is 3.23. The van der Waals surface area contributed by atoms with E-state index in [1.54, 1.807) is 6.07 Å². The van der Waals surface area contributed by atoms with Gasteiger partial charge in [-0.3, -0.25) is 0 Å². The van der Waals surface area contributed by atoms with Crippen LogP contribution in [0.5, 0.6) is 5.75 Å². The molecule has 1 aromatic heterocycles. The Morgan fingerprint density at radius 3 is 2.60 bits per heavy atom. The standard InChI is InChI=1S/C8H4BrF3N2O/c1-4-5(3-13)6(2-7(9)14-4)15-8(10,11)12/h2H,1H3. The molecule has 0 saturated carbocycles. The molecule has 0 aliphatic heterocycles. The maximum atomic E-state index is 12.0. The highest BCUT2D eigenvalue weighted by Crippen LogP contribution is 2.29. The van der Waals surface area contributed by atoms with Crippen LogP contribution < -0.4 is 4.74 Å². The largest absolute Gasteiger partial charge is 0.573 e. The van der Waals surface area contributed by atoms with Crippen molar-refractivity contribution in [3.63, 3.8) is 0 Å². The minimum atomic E-state index is -4.82. The monoisotopic (exact) mass is 280 g/mol. The molecule has 1 heterocycles. The van der Waals surface area contributed by atoms with Crippen LogP contribution in [0, 0.1) is 18.3 Å². The van der Waals surface area contributed by atoms with E-state index in [9.17, 15) is 13.2 Å². The van der Waals surface area contributed by atoms with Gasteiger partial charge in [-0.25, -0.2) is 4.98 Å². The zero-order valence-corrected chi connectivity index (χ0v) is 8.98. The highest BCUT2D eigenvalue weighted by atomic mass is 79.9. The van der Waals surface area contributed by atoms with Crippen molar-refractivity contribution in [2.45, 2.75) is 13.3 Å². The lowest BCUT2D eigenvalue weighted by atomic mass is 10.2. The summed E-state index contributed by atoms with van der Waals surface area (Å²) in [5, 5.41) is 8.63. The Bertz CT molecular complexity index is 425. The fourth-order valence-electron chi connectivity index (χ4n) is 0.948. The maximum Gasteiger partial charge on any atom is 0.573 e. The first-order chi connectivity index (χ1) is 6.83. The van der Waals surface area contributed by atoms with Crippen molar-refractivity contribution in [2.24, 2.45) is 0 Å². The summed E-state index contributed by atoms with van der Waals surface area (Å²) < 4.78 is 39.7. The van der Waals surface area contributed by atoms with Gasteiger partial charge in [0.25, 0.3) is 0 Å². The number of halogens is 4. The third-order valence-electron chi connectivity index (χ3n) is 1.47. The first-order valence-corrected chi connectivity index (χ1v) is 4.46. The molecule has 7 heteroatoms. The fraction of sp³-hybridized carbons (Fsp3) is 0.250. The molecule has 80 valence electrons. The van der Waals surface area contributed by atoms with E-state index in [2.05, 4.69) is 25.7 Å². The van der Waals surface area contributed by atoms with Crippen molar-refractivity contribution >= 4 is 15.9 Å². The normalized spacial score (nSPS) is 10.9. The number of ether oxygens (including phenoxy) is 1. The predicted octanol–water partition coefficient (Wildman–Crippen LogP) is 2.92. The number of nitriles is 1. The summed E-state index contributed by atoms with van der Waals surface area (Å²) in [7, 11) is 0. The smallest absolute Gasteiger partial charge is 0.404 e. The molecule has 0 bridgehead atoms. The molecule has 3 nitrogen and oxygen atoms in total. The number of pyridine rings is 1. The van der Waals surface area contributed by atoms with E-state index in [0.29, 0.717) is 0 Å². The lowest BCUT2D eigenvalue weighted by molar-refractivity contribution is -0.274. The number of aromatic nitrogens is 1. The minimum Gasteiger partial charge on any atom is -0.404 e. The lowest BCUT2D eigenvalue weighted by Crippen LogP contribution is -2.18. The molecule has 0 fully saturated rings. The summed E-state index contributed by atoms with van der Waals surface area (Å²) in [5.41, 5.74) is -0.0540. The first kappa shape index (κ1) is 11.8. The highest BCUT2D eigenvalue weighted by molar-refractivity contribution is 9.10. The molecule has 0 amide bonds. The van der Waals surface area contributed by atoms with E-state index in [4.69, 9.17) is 5.26 Å². The van der Waals surface area contributed by atoms with E-state index in [1.807, 2.05) is 0 Å². The summed E-state index contributed by atoms with van der Waals surface area (Å²) in [6.07, 6.45) is -4.82. The summed E-state index contributed by atoms with van der Waals surface area (Å²) in [6.45, 7) is 1.42. The summed E-state index contributed by atoms with van der Waals surface area (Å²) in [6, 6.07) is 2.60. The SMILES string of the molecule is Cc1nc(Br)cc(OC(F)(F)F)c1C#N. The van der Waals surface area contributed by atoms with Crippen LogP contribution in [0.1, 0.15) is 11.3 Å². The van der Waals surface area contributed by atoms with Gasteiger partial charge in [-0.15, -0.1) is 13.2 Å². The molecule has 1 rings (SSSR count). The average Bonchev–Trinajstić information content (AvgIpc) is 1.99. The van der Waals surface area contributed by atoms with Crippen molar-refractivity contribution in [1.82, 2.24) is 4.98 Å². The third-order valence-corrected chi connectivity index (χ3v) is 1.88. The van der Waals surface area contributed by atoms with Gasteiger partial charge < -0.3 is 4.74 Å². The molecule has 0 unspecified atom stereocenters. The van der Waals surface area contributed by atoms with E-state index in [-0.39, 0.29) is 15.9 Å². The number of rotatable bonds is 1. The van der Waals surface area contributed by atoms with E-state index < -0.39 is 12.1 Å². The van der Waals surface area contributed by atoms with Gasteiger partial charge in [-0.1, -0.05) is 0 Å². The predicted molar refractivity (Wildman–Crippen MR) is 48.1 cm³/mol. The zero-order chi connectivity index (χ0) is 11.6. The van der Waals surface area contributed by atoms with E-state index >= 15 is 0 Å². The molecule has 1 aromatic rings. The van der Waals surface area contributed by atoms with Crippen LogP contribution in [0.2, 0.25) is 0 Å². The van der Waals surface area contributed by atoms with Crippen molar-refractivity contribution < 1.29 is 17.9 Å². The molecule has 0 atom stereocenters. The Morgan fingerprint density at radius 1 is 1.53 bits per heavy atom. The number of nitrogens with zero attached hydrogens (tertiary/aromatic N) is 2. The maximum absolute atomic E-state index is 12.0. The lowest BCUT2D eigenvalue weighted by Gasteiger charge is -2.11. The van der Waals surface area contributed by atoms with Crippen LogP contribution >= 0.6 is 15.9 Å². The van der Waals surface area contributed by atoms with Crippen molar-refractivity contribution in [2.75, 3.05) is 0 Å². The molecule has 0 N–H and O–H groups in total. The van der Waals surface area contributed by atoms with Crippen LogP contribution in [-0.4, -0.2) is 11.3 Å². The summed E-state index contributed by atoms with van der Waals surface area (Å²) in [4.78, 5) is 3.78. The third kappa shape index (κ3) is 3.09. The summed E-state index contributed by atoms with van der Waals surface area (Å²) >= 11 is 2.92. The quantitative estimate of drug-likeness (QED) is 0.743. The average molecular weight is 281 g/mol. The van der Waals surface area contributed by atoms with Gasteiger partial charge in [0.2, 0.25) is 0 Å². The van der Waals surface area contributed by atoms with Gasteiger partial charge in [-0.2, -0.15) is 5.26 Å². The fourth-order valence-corrected chi connectivity index (χ4v) is 1.42. The Hall–Kier alpha value is -1.29. The van der Waals surface area contributed by atoms with Gasteiger partial charge in [0.1, 0.15) is 16.2 Å². The van der Waals surface area contributed by atoms with Gasteiger partial charge >= 0.3 is 6.36 Å². The van der Waals surface area contributed by atoms with Crippen molar-refractivity contribution in [1.29, 1.82) is 5.26 Å². The Kier molecular flexibility index (Phi) is 3.19. The van der Waals surface area contributed by atoms with Crippen molar-refractivity contribution in [3.8, 4) is 11.8 Å². The van der Waals surface area contributed by atoms with Crippen LogP contribution in [-0.2, 0) is 0 Å². The molecule has 0 saturated heterocycles. The Labute approximate surface area is 91.6 Å². The topological polar surface area (TPSA) is 45.9 Å². The molecule has 0 aliphatic rings. The molecular formula is C8H4BrF3N2O. The van der Waals surface area contributed by atoms with Crippen molar-refractivity contribution in [3.05, 3.63) is 21.9 Å². The van der Waals surface area contributed by atoms with Gasteiger partial charge in [0, 0.05) is 6.07 Å². The number of hydrogen-bond acceptors (Lipinski definition) is 3. The number of alkyl halides is 3. The van der Waals surface area contributed by atoms with Gasteiger partial charge in [0.05, 0.1) is 5.69 Å². The second-order valence-electron chi connectivity index (χ2n) is 2.56. The van der Waals surface area contributed by atoms with Crippen LogP contribution in [0.3, 0.4) is 0 Å². The van der Waals surface area contributed by atoms with Crippen LogP contribution in [0.25, 0.3) is 0 Å². The zero-order valence-electron chi connectivity index (χ0n) is 7.39. The van der Waals surface area contributed by atoms with E-state index in [1.165, 1.54) is 6.92 Å². The molecule has 0 radical (unpaired) electrons. The number of aryl methyl sites for hydroxylation is 1. The van der Waals surface area contributed by atoms with Gasteiger partial charge in [-0.05, 0) is 22.9 Å². The van der Waals surface area contributed by atoms with Gasteiger partial charge in [0.15, 0.2) is 5.75 Å². The molecule has 0 aromatic carbocycles. The summed E-state index contributed by atoms with van der Waals surface area (Å²) in [5.74, 6) is -0.552. The number of hydrogen-bond donors (Lipinski definition) is 0. The Morgan fingerprint density at radius 2 is 2.13 bits per heavy atom. The molecule has 0 spiro atoms. The minimum absolute atomic E-state index is 0.172. The second kappa shape index (κ2) is 4.06. The van der Waals surface area contributed by atoms with Crippen LogP contribution in [0.15, 0.2) is 10.7 Å². The molecule has 0 aliphatic carbocycles. The molecular weight excluding hydrogens is 277 g/mol. The molecule has 15 heavy (non-hydrogen) atoms. The first-order valence-electron chi connectivity index (χ1n) is 3.66. The highest BCUT2D eigenvalue weighted by Gasteiger charge is 2.32.